The highest BCUT2D eigenvalue weighted by molar-refractivity contribution is 6.48. The summed E-state index contributed by atoms with van der Waals surface area (Å²) in [5, 5.41) is 0. The van der Waals surface area contributed by atoms with Gasteiger partial charge in [-0.2, -0.15) is 0 Å². The average Bonchev–Trinajstić information content (AvgIpc) is 2.27. The third-order valence-electron chi connectivity index (χ3n) is 4.22. The highest BCUT2D eigenvalue weighted by Gasteiger charge is 2.45. The zero-order chi connectivity index (χ0) is 13.8. The van der Waals surface area contributed by atoms with Gasteiger partial charge in [0.05, 0.1) is 0 Å². The van der Waals surface area contributed by atoms with E-state index in [1.807, 2.05) is 0 Å². The highest BCUT2D eigenvalue weighted by atomic mass is 28.3. The number of rotatable bonds is 5. The van der Waals surface area contributed by atoms with Gasteiger partial charge in [-0.1, -0.05) is 52.9 Å². The van der Waals surface area contributed by atoms with Gasteiger partial charge in [-0.25, -0.2) is 0 Å². The van der Waals surface area contributed by atoms with Crippen LogP contribution >= 0.6 is 0 Å². The van der Waals surface area contributed by atoms with E-state index in [1.165, 1.54) is 32.1 Å². The summed E-state index contributed by atoms with van der Waals surface area (Å²) in [5.41, 5.74) is -0.668. The lowest BCUT2D eigenvalue weighted by Gasteiger charge is -2.44. The van der Waals surface area contributed by atoms with Crippen LogP contribution < -0.4 is 0 Å². The van der Waals surface area contributed by atoms with Gasteiger partial charge in [-0.15, -0.1) is 0 Å². The lowest BCUT2D eigenvalue weighted by Crippen LogP contribution is -2.51. The van der Waals surface area contributed by atoms with Crippen LogP contribution in [0, 0.1) is 11.3 Å². The van der Waals surface area contributed by atoms with E-state index in [1.54, 1.807) is 0 Å². The van der Waals surface area contributed by atoms with Crippen LogP contribution in [0.1, 0.15) is 59.3 Å². The fraction of sp³-hybridized carbons (Fsp3) is 0.933. The van der Waals surface area contributed by atoms with Crippen LogP contribution in [0.25, 0.3) is 0 Å². The largest absolute Gasteiger partial charge is 0.408 e. The van der Waals surface area contributed by atoms with Crippen LogP contribution in [-0.2, 0) is 9.22 Å². The minimum absolute atomic E-state index is 0.108. The Balaban J connectivity index is 2.84. The van der Waals surface area contributed by atoms with Crippen molar-refractivity contribution in [2.45, 2.75) is 78.0 Å². The second kappa shape index (κ2) is 6.33. The molecular weight excluding hydrogens is 240 g/mol. The molecule has 1 saturated carbocycles. The smallest absolute Gasteiger partial charge is 0.172 e. The van der Waals surface area contributed by atoms with E-state index in [9.17, 15) is 4.79 Å². The molecule has 0 amide bonds. The molecule has 1 aliphatic rings. The Morgan fingerprint density at radius 2 is 1.72 bits per heavy atom. The average molecular weight is 270 g/mol. The van der Waals surface area contributed by atoms with Crippen LogP contribution in [0.4, 0.5) is 0 Å². The highest BCUT2D eigenvalue weighted by Crippen LogP contribution is 2.41. The van der Waals surface area contributed by atoms with E-state index in [4.69, 9.17) is 4.43 Å². The third-order valence-corrected chi connectivity index (χ3v) is 5.11. The lowest BCUT2D eigenvalue weighted by atomic mass is 9.70. The molecule has 0 aliphatic heterocycles. The Kier molecular flexibility index (Phi) is 5.59. The molecule has 0 N–H and O–H groups in total. The number of carbonyl (C=O) groups excluding carboxylic acids is 1. The van der Waals surface area contributed by atoms with Gasteiger partial charge in [-0.05, 0) is 30.8 Å². The van der Waals surface area contributed by atoms with Crippen molar-refractivity contribution in [3.05, 3.63) is 0 Å². The van der Waals surface area contributed by atoms with Crippen molar-refractivity contribution < 1.29 is 9.22 Å². The summed E-state index contributed by atoms with van der Waals surface area (Å²) in [4.78, 5) is 11.8. The van der Waals surface area contributed by atoms with Crippen molar-refractivity contribution in [1.29, 1.82) is 0 Å². The fourth-order valence-electron chi connectivity index (χ4n) is 3.02. The van der Waals surface area contributed by atoms with E-state index in [0.29, 0.717) is 5.92 Å². The molecule has 1 fully saturated rings. The molecule has 0 saturated heterocycles. The molecule has 1 rings (SSSR count). The molecule has 0 aromatic rings. The van der Waals surface area contributed by atoms with Crippen molar-refractivity contribution in [2.24, 2.45) is 11.3 Å². The minimum atomic E-state index is -1.22. The van der Waals surface area contributed by atoms with E-state index in [2.05, 4.69) is 33.9 Å². The van der Waals surface area contributed by atoms with Crippen LogP contribution in [0.5, 0.6) is 0 Å². The molecule has 0 radical (unpaired) electrons. The van der Waals surface area contributed by atoms with E-state index in [-0.39, 0.29) is 5.41 Å². The zero-order valence-electron chi connectivity index (χ0n) is 12.8. The van der Waals surface area contributed by atoms with Gasteiger partial charge in [0.15, 0.2) is 15.3 Å². The monoisotopic (exact) mass is 270 g/mol. The van der Waals surface area contributed by atoms with Gasteiger partial charge < -0.3 is 9.22 Å². The van der Waals surface area contributed by atoms with E-state index >= 15 is 0 Å². The summed E-state index contributed by atoms with van der Waals surface area (Å²) >= 11 is 0. The molecule has 0 aromatic heterocycles. The lowest BCUT2D eigenvalue weighted by molar-refractivity contribution is -0.135. The summed E-state index contributed by atoms with van der Waals surface area (Å²) in [6, 6.07) is 0. The first-order valence-electron chi connectivity index (χ1n) is 7.45. The topological polar surface area (TPSA) is 26.3 Å². The Morgan fingerprint density at radius 3 is 2.11 bits per heavy atom. The number of hydrogen-bond acceptors (Lipinski definition) is 2. The first-order chi connectivity index (χ1) is 8.31. The maximum Gasteiger partial charge on any atom is 0.172 e. The summed E-state index contributed by atoms with van der Waals surface area (Å²) < 4.78 is 6.23. The number of carbonyl (C=O) groups is 1. The Labute approximate surface area is 114 Å². The quantitative estimate of drug-likeness (QED) is 0.559. The summed E-state index contributed by atoms with van der Waals surface area (Å²) in [6.07, 6.45) is 8.58. The Bertz CT molecular complexity index is 264. The molecule has 1 aliphatic carbocycles. The second-order valence-electron chi connectivity index (χ2n) is 7.13. The maximum atomic E-state index is 11.8. The first-order valence-corrected chi connectivity index (χ1v) is 10.2. The Hall–Kier alpha value is -0.153. The van der Waals surface area contributed by atoms with Crippen LogP contribution in [0.2, 0.25) is 13.1 Å². The molecule has 106 valence electrons. The fourth-order valence-corrected chi connectivity index (χ4v) is 4.37. The SMILES string of the molecule is C[SiH](C)O[C@](C=O)(CC1CCCCC1)C(C)(C)C. The van der Waals surface area contributed by atoms with Crippen LogP contribution in [0.3, 0.4) is 0 Å². The molecule has 0 bridgehead atoms. The Morgan fingerprint density at radius 1 is 1.17 bits per heavy atom. The van der Waals surface area contributed by atoms with E-state index in [0.717, 1.165) is 12.7 Å². The van der Waals surface area contributed by atoms with E-state index < -0.39 is 14.6 Å². The van der Waals surface area contributed by atoms with Gasteiger partial charge in [0.2, 0.25) is 0 Å². The first kappa shape index (κ1) is 15.9. The van der Waals surface area contributed by atoms with Crippen molar-refractivity contribution >= 4 is 15.3 Å². The van der Waals surface area contributed by atoms with Gasteiger partial charge in [-0.3, -0.25) is 0 Å². The molecule has 1 atom stereocenters. The molecule has 0 aromatic carbocycles. The molecule has 3 heteroatoms. The standard InChI is InChI=1S/C15H30O2Si/c1-14(2,3)15(12-16,17-18(4)5)11-13-9-7-6-8-10-13/h12-13,18H,6-11H2,1-5H3/t15-/m0/s1. The summed E-state index contributed by atoms with van der Waals surface area (Å²) in [5.74, 6) is 0.677. The summed E-state index contributed by atoms with van der Waals surface area (Å²) in [6.45, 7) is 10.7. The van der Waals surface area contributed by atoms with Gasteiger partial charge in [0.25, 0.3) is 0 Å². The number of hydrogen-bond donors (Lipinski definition) is 0. The van der Waals surface area contributed by atoms with Gasteiger partial charge in [0.1, 0.15) is 5.60 Å². The molecule has 18 heavy (non-hydrogen) atoms. The molecule has 0 spiro atoms. The second-order valence-corrected chi connectivity index (χ2v) is 9.47. The van der Waals surface area contributed by atoms with Gasteiger partial charge in [0, 0.05) is 0 Å². The predicted octanol–water partition coefficient (Wildman–Crippen LogP) is 3.94. The maximum absolute atomic E-state index is 11.8. The molecule has 2 nitrogen and oxygen atoms in total. The predicted molar refractivity (Wildman–Crippen MR) is 79.4 cm³/mol. The van der Waals surface area contributed by atoms with Crippen molar-refractivity contribution in [1.82, 2.24) is 0 Å². The van der Waals surface area contributed by atoms with Crippen molar-refractivity contribution in [3.63, 3.8) is 0 Å². The molecular formula is C15H30O2Si. The molecule has 0 unspecified atom stereocenters. The normalized spacial score (nSPS) is 21.9. The van der Waals surface area contributed by atoms with Crippen LogP contribution in [0.15, 0.2) is 0 Å². The molecule has 0 heterocycles. The van der Waals surface area contributed by atoms with Gasteiger partial charge >= 0.3 is 0 Å². The number of aldehydes is 1. The van der Waals surface area contributed by atoms with Crippen molar-refractivity contribution in [3.8, 4) is 0 Å². The zero-order valence-corrected chi connectivity index (χ0v) is 13.9. The van der Waals surface area contributed by atoms with Crippen LogP contribution in [-0.4, -0.2) is 20.9 Å². The summed E-state index contributed by atoms with van der Waals surface area (Å²) in [7, 11) is -1.22. The minimum Gasteiger partial charge on any atom is -0.408 e. The van der Waals surface area contributed by atoms with Crippen molar-refractivity contribution in [2.75, 3.05) is 0 Å². The third kappa shape index (κ3) is 3.92.